The van der Waals surface area contributed by atoms with Crippen molar-refractivity contribution in [3.8, 4) is 0 Å². The fourth-order valence-electron chi connectivity index (χ4n) is 1.99. The summed E-state index contributed by atoms with van der Waals surface area (Å²) in [6.07, 6.45) is 5.80. The fraction of sp³-hybridized carbons (Fsp3) is 0.250. The van der Waals surface area contributed by atoms with Crippen LogP contribution >= 0.6 is 0 Å². The molecule has 0 saturated heterocycles. The van der Waals surface area contributed by atoms with Gasteiger partial charge in [0.05, 0.1) is 12.5 Å². The Morgan fingerprint density at radius 3 is 2.90 bits per heavy atom. The monoisotopic (exact) mass is 293 g/mol. The average molecular weight is 293 g/mol. The summed E-state index contributed by atoms with van der Waals surface area (Å²) in [7, 11) is -3.96. The van der Waals surface area contributed by atoms with E-state index in [-0.39, 0.29) is 16.9 Å². The highest BCUT2D eigenvalue weighted by Crippen LogP contribution is 2.47. The molecule has 0 radical (unpaired) electrons. The van der Waals surface area contributed by atoms with Gasteiger partial charge in [0, 0.05) is 24.2 Å². The van der Waals surface area contributed by atoms with Gasteiger partial charge in [-0.25, -0.2) is 9.71 Å². The van der Waals surface area contributed by atoms with E-state index in [4.69, 9.17) is 4.42 Å². The number of aromatic nitrogens is 2. The molecule has 1 fully saturated rings. The van der Waals surface area contributed by atoms with Crippen molar-refractivity contribution in [3.05, 3.63) is 42.7 Å². The number of nitrogens with zero attached hydrogens (tertiary/aromatic N) is 2. The van der Waals surface area contributed by atoms with Crippen LogP contribution in [0.1, 0.15) is 18.1 Å². The summed E-state index contributed by atoms with van der Waals surface area (Å²) in [5, 5.41) is -0.274. The Kier molecular flexibility index (Phi) is 3.01. The topological polar surface area (TPSA) is 102 Å². The standard InChI is InChI=1S/C12H11N3O4S/c16-12(9-6-8(9)10-2-1-5-19-10)15-20(17,18)11-7-13-3-4-14-11/h1-5,7-9H,6H2,(H,15,16)/t8-,9+/m1/s1. The van der Waals surface area contributed by atoms with E-state index in [0.29, 0.717) is 12.2 Å². The van der Waals surface area contributed by atoms with Crippen LogP contribution in [-0.4, -0.2) is 24.3 Å². The van der Waals surface area contributed by atoms with Gasteiger partial charge in [0.1, 0.15) is 5.76 Å². The number of nitrogens with one attached hydrogen (secondary N) is 1. The van der Waals surface area contributed by atoms with Crippen LogP contribution in [0.4, 0.5) is 0 Å². The molecule has 3 rings (SSSR count). The first-order chi connectivity index (χ1) is 9.58. The molecule has 1 amide bonds. The lowest BCUT2D eigenvalue weighted by atomic mass is 10.2. The van der Waals surface area contributed by atoms with E-state index in [9.17, 15) is 13.2 Å². The quantitative estimate of drug-likeness (QED) is 0.889. The Hall–Kier alpha value is -2.22. The molecule has 0 aliphatic heterocycles. The molecule has 1 aliphatic rings. The number of carbonyl (C=O) groups is 1. The van der Waals surface area contributed by atoms with Gasteiger partial charge >= 0.3 is 0 Å². The zero-order chi connectivity index (χ0) is 14.2. The summed E-state index contributed by atoms with van der Waals surface area (Å²) in [4.78, 5) is 19.3. The number of sulfonamides is 1. The maximum absolute atomic E-state index is 11.9. The van der Waals surface area contributed by atoms with E-state index in [1.165, 1.54) is 18.7 Å². The van der Waals surface area contributed by atoms with Gasteiger partial charge < -0.3 is 4.42 Å². The lowest BCUT2D eigenvalue weighted by Gasteiger charge is -2.04. The van der Waals surface area contributed by atoms with Gasteiger partial charge in [0.25, 0.3) is 10.0 Å². The van der Waals surface area contributed by atoms with E-state index in [2.05, 4.69) is 9.97 Å². The number of rotatable bonds is 4. The van der Waals surface area contributed by atoms with Crippen LogP contribution < -0.4 is 4.72 Å². The number of amides is 1. The number of furan rings is 1. The lowest BCUT2D eigenvalue weighted by Crippen LogP contribution is -2.32. The van der Waals surface area contributed by atoms with Crippen molar-refractivity contribution in [2.24, 2.45) is 5.92 Å². The first kappa shape index (κ1) is 12.8. The van der Waals surface area contributed by atoms with Gasteiger partial charge in [-0.3, -0.25) is 9.78 Å². The second kappa shape index (κ2) is 4.71. The maximum atomic E-state index is 11.9. The predicted molar refractivity (Wildman–Crippen MR) is 66.9 cm³/mol. The van der Waals surface area contributed by atoms with E-state index >= 15 is 0 Å². The van der Waals surface area contributed by atoms with Crippen molar-refractivity contribution in [2.75, 3.05) is 0 Å². The van der Waals surface area contributed by atoms with Crippen molar-refractivity contribution in [2.45, 2.75) is 17.4 Å². The molecule has 2 aromatic rings. The molecule has 2 atom stereocenters. The molecule has 0 bridgehead atoms. The van der Waals surface area contributed by atoms with E-state index < -0.39 is 15.9 Å². The minimum Gasteiger partial charge on any atom is -0.469 e. The van der Waals surface area contributed by atoms with E-state index in [1.807, 2.05) is 4.72 Å². The highest BCUT2D eigenvalue weighted by atomic mass is 32.2. The van der Waals surface area contributed by atoms with Crippen molar-refractivity contribution >= 4 is 15.9 Å². The first-order valence-corrected chi connectivity index (χ1v) is 7.42. The van der Waals surface area contributed by atoms with Gasteiger partial charge in [-0.15, -0.1) is 0 Å². The Bertz CT molecular complexity index is 712. The predicted octanol–water partition coefficient (Wildman–Crippen LogP) is 0.678. The van der Waals surface area contributed by atoms with Crippen LogP contribution in [0.2, 0.25) is 0 Å². The molecule has 0 spiro atoms. The molecule has 7 nitrogen and oxygen atoms in total. The Morgan fingerprint density at radius 2 is 2.25 bits per heavy atom. The molecular formula is C12H11N3O4S. The molecule has 1 N–H and O–H groups in total. The van der Waals surface area contributed by atoms with Crippen LogP contribution in [0.3, 0.4) is 0 Å². The highest BCUT2D eigenvalue weighted by Gasteiger charge is 2.47. The maximum Gasteiger partial charge on any atom is 0.283 e. The molecule has 20 heavy (non-hydrogen) atoms. The third-order valence-electron chi connectivity index (χ3n) is 3.09. The number of carbonyl (C=O) groups excluding carboxylic acids is 1. The van der Waals surface area contributed by atoms with Crippen molar-refractivity contribution < 1.29 is 17.6 Å². The summed E-state index contributed by atoms with van der Waals surface area (Å²) in [6.45, 7) is 0. The largest absolute Gasteiger partial charge is 0.469 e. The van der Waals surface area contributed by atoms with E-state index in [0.717, 1.165) is 6.20 Å². The zero-order valence-electron chi connectivity index (χ0n) is 10.3. The Morgan fingerprint density at radius 1 is 1.40 bits per heavy atom. The van der Waals surface area contributed by atoms with Gasteiger partial charge in [-0.1, -0.05) is 0 Å². The third-order valence-corrected chi connectivity index (χ3v) is 4.32. The second-order valence-electron chi connectivity index (χ2n) is 4.48. The molecule has 1 aliphatic carbocycles. The average Bonchev–Trinajstić information content (AvgIpc) is 3.06. The Balaban J connectivity index is 1.69. The second-order valence-corrected chi connectivity index (χ2v) is 6.11. The lowest BCUT2D eigenvalue weighted by molar-refractivity contribution is -0.120. The molecule has 0 aromatic carbocycles. The summed E-state index contributed by atoms with van der Waals surface area (Å²) in [5.74, 6) is -0.284. The van der Waals surface area contributed by atoms with Crippen LogP contribution in [0, 0.1) is 5.92 Å². The fourth-order valence-corrected chi connectivity index (χ4v) is 2.91. The Labute approximate surface area is 115 Å². The summed E-state index contributed by atoms with van der Waals surface area (Å²) in [5.41, 5.74) is 0. The molecule has 104 valence electrons. The van der Waals surface area contributed by atoms with Gasteiger partial charge in [0.15, 0.2) is 5.03 Å². The number of hydrogen-bond donors (Lipinski definition) is 1. The molecule has 0 unspecified atom stereocenters. The first-order valence-electron chi connectivity index (χ1n) is 5.94. The molecule has 1 saturated carbocycles. The molecule has 2 aromatic heterocycles. The van der Waals surface area contributed by atoms with Crippen LogP contribution in [-0.2, 0) is 14.8 Å². The zero-order valence-corrected chi connectivity index (χ0v) is 11.1. The number of hydrogen-bond acceptors (Lipinski definition) is 6. The summed E-state index contributed by atoms with van der Waals surface area (Å²) in [6, 6.07) is 3.51. The summed E-state index contributed by atoms with van der Waals surface area (Å²) >= 11 is 0. The van der Waals surface area contributed by atoms with Crippen molar-refractivity contribution in [3.63, 3.8) is 0 Å². The highest BCUT2D eigenvalue weighted by molar-refractivity contribution is 7.90. The van der Waals surface area contributed by atoms with Gasteiger partial charge in [-0.05, 0) is 18.6 Å². The molecule has 2 heterocycles. The molecule has 8 heteroatoms. The van der Waals surface area contributed by atoms with Gasteiger partial charge in [0.2, 0.25) is 5.91 Å². The van der Waals surface area contributed by atoms with Crippen molar-refractivity contribution in [1.82, 2.24) is 14.7 Å². The van der Waals surface area contributed by atoms with Crippen LogP contribution in [0.25, 0.3) is 0 Å². The smallest absolute Gasteiger partial charge is 0.283 e. The third kappa shape index (κ3) is 2.42. The van der Waals surface area contributed by atoms with Crippen LogP contribution in [0.5, 0.6) is 0 Å². The van der Waals surface area contributed by atoms with E-state index in [1.54, 1.807) is 12.1 Å². The van der Waals surface area contributed by atoms with Crippen LogP contribution in [0.15, 0.2) is 46.4 Å². The van der Waals surface area contributed by atoms with Crippen molar-refractivity contribution in [1.29, 1.82) is 0 Å². The minimum atomic E-state index is -3.96. The minimum absolute atomic E-state index is 0.0537. The summed E-state index contributed by atoms with van der Waals surface area (Å²) < 4.78 is 31.0. The molecular weight excluding hydrogens is 282 g/mol. The van der Waals surface area contributed by atoms with Gasteiger partial charge in [-0.2, -0.15) is 8.42 Å². The normalized spacial score (nSPS) is 21.4. The SMILES string of the molecule is O=C(NS(=O)(=O)c1cnccn1)[C@H]1C[C@H]1c1ccco1.